The average molecular weight is 555 g/mol. The van der Waals surface area contributed by atoms with Gasteiger partial charge in [-0.3, -0.25) is 9.59 Å². The van der Waals surface area contributed by atoms with Crippen LogP contribution >= 0.6 is 0 Å². The topological polar surface area (TPSA) is 135 Å². The van der Waals surface area contributed by atoms with Gasteiger partial charge in [0.1, 0.15) is 22.9 Å². The Balaban J connectivity index is 1.43. The van der Waals surface area contributed by atoms with E-state index in [-0.39, 0.29) is 28.9 Å². The molecule has 3 heterocycles. The Morgan fingerprint density at radius 1 is 1.05 bits per heavy atom. The Kier molecular flexibility index (Phi) is 6.70. The van der Waals surface area contributed by atoms with Crippen LogP contribution in [0.1, 0.15) is 52.7 Å². The third-order valence-electron chi connectivity index (χ3n) is 7.37. The van der Waals surface area contributed by atoms with Gasteiger partial charge in [0.2, 0.25) is 12.1 Å². The van der Waals surface area contributed by atoms with Gasteiger partial charge >= 0.3 is 0 Å². The van der Waals surface area contributed by atoms with Gasteiger partial charge in [-0.05, 0) is 74.2 Å². The first-order valence-electron chi connectivity index (χ1n) is 13.3. The van der Waals surface area contributed by atoms with E-state index in [2.05, 4.69) is 26.1 Å². The summed E-state index contributed by atoms with van der Waals surface area (Å²) in [6.45, 7) is 2.52. The van der Waals surface area contributed by atoms with E-state index in [1.165, 1.54) is 25.6 Å². The van der Waals surface area contributed by atoms with Gasteiger partial charge < -0.3 is 24.9 Å². The van der Waals surface area contributed by atoms with E-state index in [4.69, 9.17) is 13.9 Å². The number of nitrogens with one attached hydrogen (secondary N) is 3. The molecule has 0 spiro atoms. The number of fused-ring (bicyclic) bond motifs is 1. The maximum Gasteiger partial charge on any atom is 0.255 e. The maximum absolute atomic E-state index is 13.6. The van der Waals surface area contributed by atoms with E-state index in [0.29, 0.717) is 40.3 Å². The van der Waals surface area contributed by atoms with E-state index in [0.717, 1.165) is 24.8 Å². The highest BCUT2D eigenvalue weighted by atomic mass is 19.1. The predicted octanol–water partition coefficient (Wildman–Crippen LogP) is 5.28. The lowest BCUT2D eigenvalue weighted by molar-refractivity contribution is 0.0804. The normalized spacial score (nSPS) is 13.9. The van der Waals surface area contributed by atoms with Crippen LogP contribution in [-0.2, 0) is 5.54 Å². The summed E-state index contributed by atoms with van der Waals surface area (Å²) in [5.41, 5.74) is 2.28. The van der Waals surface area contributed by atoms with E-state index in [1.807, 2.05) is 19.1 Å². The molecule has 2 aromatic carbocycles. The van der Waals surface area contributed by atoms with Gasteiger partial charge in [0.05, 0.1) is 10.9 Å². The first kappa shape index (κ1) is 26.2. The van der Waals surface area contributed by atoms with Gasteiger partial charge in [0, 0.05) is 30.3 Å². The predicted molar refractivity (Wildman–Crippen MR) is 150 cm³/mol. The SMILES string of the molecule is CCNc1nc2oc(-c3ccc(F)cc3)c(C(=O)NC)c2cc1-c1cccc(C(=O)NC2(c3ncon3)CCC2)c1. The number of aromatic nitrogens is 3. The second-order valence-corrected chi connectivity index (χ2v) is 9.89. The molecule has 0 radical (unpaired) electrons. The van der Waals surface area contributed by atoms with Gasteiger partial charge in [-0.25, -0.2) is 4.39 Å². The van der Waals surface area contributed by atoms with Gasteiger partial charge in [0.15, 0.2) is 5.82 Å². The Labute approximate surface area is 234 Å². The highest BCUT2D eigenvalue weighted by Crippen LogP contribution is 2.40. The molecule has 2 amide bonds. The number of hydrogen-bond donors (Lipinski definition) is 3. The molecule has 208 valence electrons. The van der Waals surface area contributed by atoms with Crippen LogP contribution in [0.5, 0.6) is 0 Å². The molecule has 10 nitrogen and oxygen atoms in total. The zero-order valence-electron chi connectivity index (χ0n) is 22.5. The molecule has 1 aliphatic rings. The van der Waals surface area contributed by atoms with E-state index < -0.39 is 11.4 Å². The van der Waals surface area contributed by atoms with Crippen LogP contribution in [-0.4, -0.2) is 40.5 Å². The first-order chi connectivity index (χ1) is 19.9. The smallest absolute Gasteiger partial charge is 0.255 e. The molecule has 0 atom stereocenters. The van der Waals surface area contributed by atoms with Crippen molar-refractivity contribution in [3.63, 3.8) is 0 Å². The zero-order chi connectivity index (χ0) is 28.6. The molecule has 1 aliphatic carbocycles. The quantitative estimate of drug-likeness (QED) is 0.236. The number of pyridine rings is 1. The number of anilines is 1. The van der Waals surface area contributed by atoms with Crippen LogP contribution in [0, 0.1) is 5.82 Å². The third-order valence-corrected chi connectivity index (χ3v) is 7.37. The minimum absolute atomic E-state index is 0.253. The standard InChI is InChI=1S/C30H27FN6O4/c1-3-33-25-21(15-22-23(27(39)32-2)24(41-28(22)35-25)17-8-10-20(31)11-9-17)18-6-4-7-19(14-18)26(38)36-30(12-5-13-30)29-34-16-40-37-29/h4,6-11,14-16H,3,5,12-13H2,1-2H3,(H,32,39)(H,33,35)(H,36,38). The monoisotopic (exact) mass is 554 g/mol. The molecule has 11 heteroatoms. The summed E-state index contributed by atoms with van der Waals surface area (Å²) in [5, 5.41) is 13.5. The lowest BCUT2D eigenvalue weighted by Gasteiger charge is -2.39. The van der Waals surface area contributed by atoms with Crippen LogP contribution in [0.25, 0.3) is 33.6 Å². The molecule has 41 heavy (non-hydrogen) atoms. The van der Waals surface area contributed by atoms with Crippen LogP contribution < -0.4 is 16.0 Å². The van der Waals surface area contributed by atoms with Crippen molar-refractivity contribution < 1.29 is 22.9 Å². The minimum atomic E-state index is -0.647. The van der Waals surface area contributed by atoms with Crippen LogP contribution in [0.3, 0.4) is 0 Å². The fourth-order valence-corrected chi connectivity index (χ4v) is 5.13. The summed E-state index contributed by atoms with van der Waals surface area (Å²) < 4.78 is 24.6. The molecular weight excluding hydrogens is 527 g/mol. The molecule has 3 N–H and O–H groups in total. The average Bonchev–Trinajstić information content (AvgIpc) is 3.63. The van der Waals surface area contributed by atoms with E-state index >= 15 is 0 Å². The Morgan fingerprint density at radius 2 is 1.85 bits per heavy atom. The fourth-order valence-electron chi connectivity index (χ4n) is 5.13. The van der Waals surface area contributed by atoms with Crippen LogP contribution in [0.15, 0.2) is 69.9 Å². The largest absolute Gasteiger partial charge is 0.437 e. The van der Waals surface area contributed by atoms with Crippen molar-refractivity contribution >= 4 is 28.7 Å². The van der Waals surface area contributed by atoms with Crippen molar-refractivity contribution in [2.24, 2.45) is 0 Å². The lowest BCUT2D eigenvalue weighted by atomic mass is 9.76. The van der Waals surface area contributed by atoms with Crippen molar-refractivity contribution in [3.05, 3.63) is 83.8 Å². The molecule has 0 unspecified atom stereocenters. The van der Waals surface area contributed by atoms with Crippen molar-refractivity contribution in [2.75, 3.05) is 18.9 Å². The summed E-state index contributed by atoms with van der Waals surface area (Å²) in [6, 6.07) is 14.7. The van der Waals surface area contributed by atoms with Crippen molar-refractivity contribution in [1.29, 1.82) is 0 Å². The van der Waals surface area contributed by atoms with Gasteiger partial charge in [-0.2, -0.15) is 9.97 Å². The molecule has 0 saturated heterocycles. The molecule has 1 saturated carbocycles. The van der Waals surface area contributed by atoms with Crippen molar-refractivity contribution in [3.8, 4) is 22.5 Å². The highest BCUT2D eigenvalue weighted by molar-refractivity contribution is 6.11. The summed E-state index contributed by atoms with van der Waals surface area (Å²) in [5.74, 6) is 0.256. The fraction of sp³-hybridized carbons (Fsp3) is 0.233. The van der Waals surface area contributed by atoms with Crippen LogP contribution in [0.4, 0.5) is 10.2 Å². The summed E-state index contributed by atoms with van der Waals surface area (Å²) in [4.78, 5) is 35.3. The number of furan rings is 1. The highest BCUT2D eigenvalue weighted by Gasteiger charge is 2.44. The van der Waals surface area contributed by atoms with Gasteiger partial charge in [-0.1, -0.05) is 17.3 Å². The summed E-state index contributed by atoms with van der Waals surface area (Å²) in [6.07, 6.45) is 3.66. The molecule has 6 rings (SSSR count). The number of carbonyl (C=O) groups is 2. The number of halogens is 1. The number of amides is 2. The summed E-state index contributed by atoms with van der Waals surface area (Å²) in [7, 11) is 1.53. The maximum atomic E-state index is 13.6. The van der Waals surface area contributed by atoms with E-state index in [9.17, 15) is 14.0 Å². The number of carbonyl (C=O) groups excluding carboxylic acids is 2. The third kappa shape index (κ3) is 4.69. The minimum Gasteiger partial charge on any atom is -0.437 e. The lowest BCUT2D eigenvalue weighted by Crippen LogP contribution is -2.51. The number of hydrogen-bond acceptors (Lipinski definition) is 8. The second kappa shape index (κ2) is 10.5. The first-order valence-corrected chi connectivity index (χ1v) is 13.3. The molecule has 0 aliphatic heterocycles. The molecular formula is C30H27FN6O4. The number of rotatable bonds is 8. The zero-order valence-corrected chi connectivity index (χ0v) is 22.5. The van der Waals surface area contributed by atoms with Gasteiger partial charge in [0.25, 0.3) is 11.8 Å². The molecule has 0 bridgehead atoms. The Morgan fingerprint density at radius 3 is 2.51 bits per heavy atom. The Hall–Kier alpha value is -5.06. The number of nitrogens with zero attached hydrogens (tertiary/aromatic N) is 3. The summed E-state index contributed by atoms with van der Waals surface area (Å²) >= 11 is 0. The van der Waals surface area contributed by atoms with Gasteiger partial charge in [-0.15, -0.1) is 0 Å². The van der Waals surface area contributed by atoms with E-state index in [1.54, 1.807) is 30.3 Å². The molecule has 3 aromatic heterocycles. The van der Waals surface area contributed by atoms with Crippen molar-refractivity contribution in [2.45, 2.75) is 31.7 Å². The van der Waals surface area contributed by atoms with Crippen molar-refractivity contribution in [1.82, 2.24) is 25.8 Å². The molecule has 5 aromatic rings. The Bertz CT molecular complexity index is 1740. The second-order valence-electron chi connectivity index (χ2n) is 9.89. The molecule has 1 fully saturated rings. The van der Waals surface area contributed by atoms with Crippen LogP contribution in [0.2, 0.25) is 0 Å². The number of benzene rings is 2.